The molecule has 4 nitrogen and oxygen atoms in total. The number of nitrogens with zero attached hydrogens (tertiary/aromatic N) is 1. The fraction of sp³-hybridized carbons (Fsp3) is 0.300. The summed E-state index contributed by atoms with van der Waals surface area (Å²) in [6, 6.07) is 14.8. The predicted octanol–water partition coefficient (Wildman–Crippen LogP) is 3.76. The van der Waals surface area contributed by atoms with Gasteiger partial charge in [0.2, 0.25) is 0 Å². The number of hydrogen-bond acceptors (Lipinski definition) is 3. The monoisotopic (exact) mass is 322 g/mol. The molecule has 1 aromatic heterocycles. The van der Waals surface area contributed by atoms with E-state index in [-0.39, 0.29) is 6.04 Å². The van der Waals surface area contributed by atoms with Crippen LogP contribution < -0.4 is 9.47 Å². The molecular weight excluding hydrogens is 300 g/mol. The highest BCUT2D eigenvalue weighted by Gasteiger charge is 2.32. The largest absolute Gasteiger partial charge is 0.493 e. The Hall–Kier alpha value is -2.46. The lowest BCUT2D eigenvalue weighted by atomic mass is 9.92. The summed E-state index contributed by atoms with van der Waals surface area (Å²) < 4.78 is 11.2. The predicted molar refractivity (Wildman–Crippen MR) is 96.0 cm³/mol. The maximum Gasteiger partial charge on any atom is 0.165 e. The first-order chi connectivity index (χ1) is 11.7. The number of hydrogen-bond donors (Lipinski definition) is 1. The molecule has 0 saturated carbocycles. The Balaban J connectivity index is 1.94. The molecule has 1 unspecified atom stereocenters. The summed E-state index contributed by atoms with van der Waals surface area (Å²) in [6.45, 7) is 1.01. The van der Waals surface area contributed by atoms with Gasteiger partial charge in [-0.3, -0.25) is 4.90 Å². The fourth-order valence-corrected chi connectivity index (χ4v) is 3.88. The van der Waals surface area contributed by atoms with Crippen molar-refractivity contribution in [3.63, 3.8) is 0 Å². The lowest BCUT2D eigenvalue weighted by Gasteiger charge is -2.34. The van der Waals surface area contributed by atoms with Crippen molar-refractivity contribution in [2.75, 3.05) is 27.8 Å². The number of nitrogens with one attached hydrogen (secondary N) is 1. The van der Waals surface area contributed by atoms with E-state index in [0.29, 0.717) is 0 Å². The van der Waals surface area contributed by atoms with Gasteiger partial charge < -0.3 is 14.5 Å². The lowest BCUT2D eigenvalue weighted by Crippen LogP contribution is -2.33. The van der Waals surface area contributed by atoms with E-state index in [9.17, 15) is 0 Å². The molecule has 0 spiro atoms. The third-order valence-electron chi connectivity index (χ3n) is 5.00. The van der Waals surface area contributed by atoms with E-state index >= 15 is 0 Å². The number of ether oxygens (including phenoxy) is 2. The minimum atomic E-state index is 0.131. The van der Waals surface area contributed by atoms with E-state index in [1.54, 1.807) is 14.2 Å². The van der Waals surface area contributed by atoms with E-state index < -0.39 is 0 Å². The summed E-state index contributed by atoms with van der Waals surface area (Å²) >= 11 is 0. The Labute approximate surface area is 142 Å². The van der Waals surface area contributed by atoms with Gasteiger partial charge in [0.25, 0.3) is 0 Å². The molecular formula is C20H22N2O2. The Bertz CT molecular complexity index is 884. The van der Waals surface area contributed by atoms with Gasteiger partial charge in [-0.05, 0) is 31.2 Å². The molecule has 124 valence electrons. The minimum Gasteiger partial charge on any atom is -0.493 e. The fourth-order valence-electron chi connectivity index (χ4n) is 3.88. The first kappa shape index (κ1) is 15.1. The molecule has 0 bridgehead atoms. The van der Waals surface area contributed by atoms with Crippen LogP contribution in [0.25, 0.3) is 10.9 Å². The van der Waals surface area contributed by atoms with E-state index in [0.717, 1.165) is 30.0 Å². The van der Waals surface area contributed by atoms with Gasteiger partial charge in [-0.25, -0.2) is 0 Å². The van der Waals surface area contributed by atoms with Gasteiger partial charge in [0, 0.05) is 28.7 Å². The molecule has 0 aliphatic carbocycles. The van der Waals surface area contributed by atoms with E-state index in [2.05, 4.69) is 47.3 Å². The maximum atomic E-state index is 5.69. The third-order valence-corrected chi connectivity index (χ3v) is 5.00. The highest BCUT2D eigenvalue weighted by atomic mass is 16.5. The number of H-pyrrole nitrogens is 1. The highest BCUT2D eigenvalue weighted by Crippen LogP contribution is 2.43. The van der Waals surface area contributed by atoms with Crippen molar-refractivity contribution in [3.05, 3.63) is 59.3 Å². The van der Waals surface area contributed by atoms with Crippen LogP contribution in [0.3, 0.4) is 0 Å². The van der Waals surface area contributed by atoms with Crippen LogP contribution in [0, 0.1) is 0 Å². The van der Waals surface area contributed by atoms with Crippen molar-refractivity contribution < 1.29 is 9.47 Å². The molecule has 4 heteroatoms. The molecule has 0 radical (unpaired) electrons. The Morgan fingerprint density at radius 1 is 1.04 bits per heavy atom. The topological polar surface area (TPSA) is 37.5 Å². The van der Waals surface area contributed by atoms with Crippen molar-refractivity contribution in [3.8, 4) is 11.5 Å². The van der Waals surface area contributed by atoms with Crippen molar-refractivity contribution >= 4 is 10.9 Å². The van der Waals surface area contributed by atoms with Crippen LogP contribution in [-0.2, 0) is 6.42 Å². The van der Waals surface area contributed by atoms with Gasteiger partial charge in [0.1, 0.15) is 0 Å². The van der Waals surface area contributed by atoms with Gasteiger partial charge in [-0.15, -0.1) is 0 Å². The number of aromatic nitrogens is 1. The number of para-hydroxylation sites is 2. The summed E-state index contributed by atoms with van der Waals surface area (Å²) in [5.74, 6) is 1.58. The molecule has 2 heterocycles. The molecule has 1 aliphatic rings. The van der Waals surface area contributed by atoms with Crippen molar-refractivity contribution in [2.45, 2.75) is 12.5 Å². The van der Waals surface area contributed by atoms with Crippen LogP contribution >= 0.6 is 0 Å². The summed E-state index contributed by atoms with van der Waals surface area (Å²) in [5, 5.41) is 1.33. The SMILES string of the molecule is COc1cccc(C2c3[nH]c4ccccc4c3CCN2C)c1OC. The second-order valence-electron chi connectivity index (χ2n) is 6.28. The summed E-state index contributed by atoms with van der Waals surface area (Å²) in [7, 11) is 5.55. The highest BCUT2D eigenvalue weighted by molar-refractivity contribution is 5.85. The molecule has 4 rings (SSSR count). The minimum absolute atomic E-state index is 0.131. The molecule has 0 fully saturated rings. The van der Waals surface area contributed by atoms with Crippen LogP contribution in [0.15, 0.2) is 42.5 Å². The molecule has 1 aliphatic heterocycles. The summed E-state index contributed by atoms with van der Waals surface area (Å²) in [6.07, 6.45) is 1.05. The number of benzene rings is 2. The molecule has 1 N–H and O–H groups in total. The Kier molecular flexibility index (Phi) is 3.69. The van der Waals surface area contributed by atoms with Gasteiger partial charge in [-0.2, -0.15) is 0 Å². The molecule has 2 aromatic carbocycles. The molecule has 0 saturated heterocycles. The zero-order chi connectivity index (χ0) is 16.7. The van der Waals surface area contributed by atoms with Crippen LogP contribution in [0.5, 0.6) is 11.5 Å². The van der Waals surface area contributed by atoms with Crippen molar-refractivity contribution in [1.29, 1.82) is 0 Å². The number of aromatic amines is 1. The van der Waals surface area contributed by atoms with Gasteiger partial charge in [0.15, 0.2) is 11.5 Å². The van der Waals surface area contributed by atoms with Gasteiger partial charge >= 0.3 is 0 Å². The number of likely N-dealkylation sites (N-methyl/N-ethyl adjacent to an activating group) is 1. The van der Waals surface area contributed by atoms with Crippen LogP contribution in [0.1, 0.15) is 22.9 Å². The average molecular weight is 322 g/mol. The molecule has 3 aromatic rings. The molecule has 1 atom stereocenters. The number of fused-ring (bicyclic) bond motifs is 3. The second kappa shape index (κ2) is 5.87. The van der Waals surface area contributed by atoms with Crippen LogP contribution in [-0.4, -0.2) is 37.7 Å². The standard InChI is InChI=1S/C20H22N2O2/c1-22-12-11-14-13-7-4-5-9-16(13)21-18(14)19(22)15-8-6-10-17(23-2)20(15)24-3/h4-10,19,21H,11-12H2,1-3H3. The van der Waals surface area contributed by atoms with Crippen molar-refractivity contribution in [2.24, 2.45) is 0 Å². The van der Waals surface area contributed by atoms with E-state index in [4.69, 9.17) is 9.47 Å². The van der Waals surface area contributed by atoms with Crippen LogP contribution in [0.2, 0.25) is 0 Å². The van der Waals surface area contributed by atoms with E-state index in [1.807, 2.05) is 12.1 Å². The van der Waals surface area contributed by atoms with Gasteiger partial charge in [-0.1, -0.05) is 30.3 Å². The smallest absolute Gasteiger partial charge is 0.165 e. The Morgan fingerprint density at radius 3 is 2.67 bits per heavy atom. The van der Waals surface area contributed by atoms with Gasteiger partial charge in [0.05, 0.1) is 20.3 Å². The third kappa shape index (κ3) is 2.18. The number of rotatable bonds is 3. The normalized spacial score (nSPS) is 17.7. The zero-order valence-electron chi connectivity index (χ0n) is 14.3. The quantitative estimate of drug-likeness (QED) is 0.798. The summed E-state index contributed by atoms with van der Waals surface area (Å²) in [5.41, 5.74) is 5.01. The molecule has 24 heavy (non-hydrogen) atoms. The number of methoxy groups -OCH3 is 2. The second-order valence-corrected chi connectivity index (χ2v) is 6.28. The first-order valence-electron chi connectivity index (χ1n) is 8.25. The maximum absolute atomic E-state index is 5.69. The van der Waals surface area contributed by atoms with Crippen LogP contribution in [0.4, 0.5) is 0 Å². The van der Waals surface area contributed by atoms with E-state index in [1.165, 1.54) is 22.2 Å². The zero-order valence-corrected chi connectivity index (χ0v) is 14.3. The van der Waals surface area contributed by atoms with Crippen molar-refractivity contribution in [1.82, 2.24) is 9.88 Å². The summed E-state index contributed by atoms with van der Waals surface area (Å²) in [4.78, 5) is 6.02. The first-order valence-corrected chi connectivity index (χ1v) is 8.25. The molecule has 0 amide bonds. The Morgan fingerprint density at radius 2 is 1.88 bits per heavy atom. The average Bonchev–Trinajstić information content (AvgIpc) is 2.99. The lowest BCUT2D eigenvalue weighted by molar-refractivity contribution is 0.253.